The van der Waals surface area contributed by atoms with Crippen molar-refractivity contribution in [2.45, 2.75) is 9.79 Å². The van der Waals surface area contributed by atoms with Gasteiger partial charge in [-0.2, -0.15) is 0 Å². The van der Waals surface area contributed by atoms with E-state index in [2.05, 4.69) is 26.2 Å². The number of hydrogen-bond donors (Lipinski definition) is 2. The summed E-state index contributed by atoms with van der Waals surface area (Å²) in [6.07, 6.45) is 2.40. The van der Waals surface area contributed by atoms with Crippen molar-refractivity contribution in [2.24, 2.45) is 0 Å². The number of nitrogens with one attached hydrogen (secondary N) is 2. The van der Waals surface area contributed by atoms with Gasteiger partial charge in [-0.15, -0.1) is 0 Å². The Bertz CT molecular complexity index is 1560. The number of benzene rings is 2. The average Bonchev–Trinajstić information content (AvgIpc) is 3.38. The highest BCUT2D eigenvalue weighted by atomic mass is 79.9. The minimum absolute atomic E-state index is 0.0218. The number of para-hydroxylation sites is 1. The van der Waals surface area contributed by atoms with Crippen LogP contribution in [0.1, 0.15) is 0 Å². The van der Waals surface area contributed by atoms with Gasteiger partial charge in [0.25, 0.3) is 20.0 Å². The van der Waals surface area contributed by atoms with Gasteiger partial charge in [0, 0.05) is 11.6 Å². The van der Waals surface area contributed by atoms with Crippen molar-refractivity contribution in [3.63, 3.8) is 0 Å². The molecule has 4 rings (SSSR count). The molecule has 0 bridgehead atoms. The molecular formula is C19H15BrN4O6S3. The standard InChI is InChI=1S/C19H15BrN4O6S3/c1-30-14-9-5-8-13-15(32(26,27)23-18(25)22-19-21-10-16(20)31-19)11-24(17(13)14)33(28,29)12-6-3-2-4-7-12/h2-11H,1H3,(H2,21,22,23,25). The number of sulfonamides is 1. The van der Waals surface area contributed by atoms with E-state index >= 15 is 0 Å². The lowest BCUT2D eigenvalue weighted by atomic mass is 10.2. The van der Waals surface area contributed by atoms with Gasteiger partial charge in [-0.3, -0.25) is 5.32 Å². The van der Waals surface area contributed by atoms with Crippen LogP contribution in [0, 0.1) is 0 Å². The normalized spacial score (nSPS) is 11.9. The van der Waals surface area contributed by atoms with Crippen molar-refractivity contribution in [1.29, 1.82) is 0 Å². The topological polar surface area (TPSA) is 136 Å². The third-order valence-electron chi connectivity index (χ3n) is 4.45. The van der Waals surface area contributed by atoms with Crippen molar-refractivity contribution in [1.82, 2.24) is 13.7 Å². The van der Waals surface area contributed by atoms with Gasteiger partial charge < -0.3 is 4.74 Å². The molecule has 0 atom stereocenters. The molecule has 2 aromatic heterocycles. The molecule has 2 N–H and O–H groups in total. The van der Waals surface area contributed by atoms with Crippen LogP contribution in [0.5, 0.6) is 5.75 Å². The minimum Gasteiger partial charge on any atom is -0.495 e. The molecular weight excluding hydrogens is 556 g/mol. The average molecular weight is 571 g/mol. The number of urea groups is 1. The second-order valence-corrected chi connectivity index (χ2v) is 12.4. The van der Waals surface area contributed by atoms with Gasteiger partial charge in [0.15, 0.2) is 5.13 Å². The Morgan fingerprint density at radius 2 is 1.82 bits per heavy atom. The largest absolute Gasteiger partial charge is 0.495 e. The predicted molar refractivity (Wildman–Crippen MR) is 127 cm³/mol. The SMILES string of the molecule is COc1cccc2c(S(=O)(=O)NC(=O)Nc3ncc(Br)s3)cn(S(=O)(=O)c3ccccc3)c12. The van der Waals surface area contributed by atoms with Crippen molar-refractivity contribution in [3.05, 3.63) is 64.7 Å². The number of rotatable bonds is 6. The van der Waals surface area contributed by atoms with Gasteiger partial charge in [0.05, 0.1) is 22.0 Å². The number of thiazole rings is 1. The van der Waals surface area contributed by atoms with Crippen LogP contribution in [0.15, 0.2) is 74.5 Å². The molecule has 0 radical (unpaired) electrons. The van der Waals surface area contributed by atoms with Crippen LogP contribution in [0.25, 0.3) is 10.9 Å². The van der Waals surface area contributed by atoms with E-state index in [0.29, 0.717) is 3.79 Å². The summed E-state index contributed by atoms with van der Waals surface area (Å²) in [6.45, 7) is 0. The summed E-state index contributed by atoms with van der Waals surface area (Å²) in [5.41, 5.74) is 0.0218. The first-order chi connectivity index (χ1) is 15.6. The molecule has 0 aliphatic rings. The number of carbonyl (C=O) groups is 1. The number of anilines is 1. The van der Waals surface area contributed by atoms with Gasteiger partial charge in [0.2, 0.25) is 0 Å². The molecule has 0 aliphatic carbocycles. The van der Waals surface area contributed by atoms with Crippen LogP contribution in [0.2, 0.25) is 0 Å². The van der Waals surface area contributed by atoms with Crippen molar-refractivity contribution in [3.8, 4) is 5.75 Å². The Morgan fingerprint density at radius 3 is 2.45 bits per heavy atom. The summed E-state index contributed by atoms with van der Waals surface area (Å²) in [5.74, 6) is 0.144. The number of fused-ring (bicyclic) bond motifs is 1. The van der Waals surface area contributed by atoms with Crippen molar-refractivity contribution in [2.75, 3.05) is 12.4 Å². The Morgan fingerprint density at radius 1 is 1.09 bits per heavy atom. The molecule has 4 aromatic rings. The zero-order chi connectivity index (χ0) is 23.8. The monoisotopic (exact) mass is 570 g/mol. The van der Waals surface area contributed by atoms with Crippen LogP contribution >= 0.6 is 27.3 Å². The third-order valence-corrected chi connectivity index (χ3v) is 8.88. The second kappa shape index (κ2) is 8.78. The summed E-state index contributed by atoms with van der Waals surface area (Å²) in [7, 11) is -7.32. The predicted octanol–water partition coefficient (Wildman–Crippen LogP) is 3.62. The molecule has 0 saturated carbocycles. The molecule has 0 aliphatic heterocycles. The maximum Gasteiger partial charge on any atom is 0.334 e. The summed E-state index contributed by atoms with van der Waals surface area (Å²) in [4.78, 5) is 15.7. The van der Waals surface area contributed by atoms with Gasteiger partial charge in [0.1, 0.15) is 16.2 Å². The first-order valence-corrected chi connectivity index (χ1v) is 13.6. The number of amides is 2. The zero-order valence-electron chi connectivity index (χ0n) is 16.7. The molecule has 14 heteroatoms. The van der Waals surface area contributed by atoms with E-state index in [9.17, 15) is 21.6 Å². The van der Waals surface area contributed by atoms with Crippen LogP contribution in [0.4, 0.5) is 9.93 Å². The third kappa shape index (κ3) is 4.46. The minimum atomic E-state index is -4.48. The van der Waals surface area contributed by atoms with E-state index < -0.39 is 31.0 Å². The van der Waals surface area contributed by atoms with Crippen LogP contribution in [-0.4, -0.2) is 38.9 Å². The maximum absolute atomic E-state index is 13.3. The fourth-order valence-corrected chi connectivity index (χ4v) is 6.75. The van der Waals surface area contributed by atoms with Crippen LogP contribution < -0.4 is 14.8 Å². The Kier molecular flexibility index (Phi) is 6.18. The Labute approximate surface area is 201 Å². The molecule has 172 valence electrons. The fourth-order valence-electron chi connectivity index (χ4n) is 3.08. The maximum atomic E-state index is 13.3. The molecule has 2 aromatic carbocycles. The highest BCUT2D eigenvalue weighted by Gasteiger charge is 2.29. The van der Waals surface area contributed by atoms with Crippen molar-refractivity contribution < 1.29 is 26.4 Å². The first kappa shape index (κ1) is 23.2. The number of aromatic nitrogens is 2. The number of carbonyl (C=O) groups excluding carboxylic acids is 1. The highest BCUT2D eigenvalue weighted by molar-refractivity contribution is 9.11. The molecule has 2 amide bonds. The van der Waals surface area contributed by atoms with Crippen LogP contribution in [0.3, 0.4) is 0 Å². The number of methoxy groups -OCH3 is 1. The lowest BCUT2D eigenvalue weighted by molar-refractivity contribution is 0.256. The highest BCUT2D eigenvalue weighted by Crippen LogP contribution is 2.35. The van der Waals surface area contributed by atoms with E-state index in [4.69, 9.17) is 4.74 Å². The molecule has 0 unspecified atom stereocenters. The lowest BCUT2D eigenvalue weighted by Crippen LogP contribution is -2.34. The number of nitrogens with zero attached hydrogens (tertiary/aromatic N) is 2. The van der Waals surface area contributed by atoms with E-state index in [1.807, 2.05) is 4.72 Å². The number of halogens is 1. The van der Waals surface area contributed by atoms with E-state index in [0.717, 1.165) is 21.5 Å². The molecule has 33 heavy (non-hydrogen) atoms. The lowest BCUT2D eigenvalue weighted by Gasteiger charge is -2.09. The quantitative estimate of drug-likeness (QED) is 0.361. The Hall–Kier alpha value is -2.94. The molecule has 10 nitrogen and oxygen atoms in total. The smallest absolute Gasteiger partial charge is 0.334 e. The summed E-state index contributed by atoms with van der Waals surface area (Å²) in [6, 6.07) is 11.0. The summed E-state index contributed by atoms with van der Waals surface area (Å²) in [5, 5.41) is 2.55. The van der Waals surface area contributed by atoms with E-state index in [1.165, 1.54) is 43.6 Å². The van der Waals surface area contributed by atoms with E-state index in [-0.39, 0.29) is 26.7 Å². The summed E-state index contributed by atoms with van der Waals surface area (Å²) >= 11 is 4.29. The molecule has 0 spiro atoms. The second-order valence-electron chi connectivity index (χ2n) is 6.49. The van der Waals surface area contributed by atoms with Gasteiger partial charge >= 0.3 is 6.03 Å². The van der Waals surface area contributed by atoms with Gasteiger partial charge in [-0.1, -0.05) is 41.7 Å². The Balaban J connectivity index is 1.82. The fraction of sp³-hybridized carbons (Fsp3) is 0.0526. The van der Waals surface area contributed by atoms with Gasteiger partial charge in [-0.25, -0.2) is 35.3 Å². The molecule has 0 saturated heterocycles. The summed E-state index contributed by atoms with van der Waals surface area (Å²) < 4.78 is 61.5. The molecule has 0 fully saturated rings. The number of hydrogen-bond acceptors (Lipinski definition) is 8. The van der Waals surface area contributed by atoms with Crippen molar-refractivity contribution >= 4 is 69.4 Å². The van der Waals surface area contributed by atoms with Crippen LogP contribution in [-0.2, 0) is 20.0 Å². The molecule has 2 heterocycles. The zero-order valence-corrected chi connectivity index (χ0v) is 20.8. The van der Waals surface area contributed by atoms with E-state index in [1.54, 1.807) is 18.2 Å². The number of ether oxygens (including phenoxy) is 1. The van der Waals surface area contributed by atoms with Gasteiger partial charge in [-0.05, 0) is 34.1 Å². The first-order valence-electron chi connectivity index (χ1n) is 9.07.